The molecule has 0 aliphatic heterocycles. The zero-order valence-corrected chi connectivity index (χ0v) is 10.3. The number of aromatic carboxylic acids is 1. The molecule has 0 atom stereocenters. The Bertz CT molecular complexity index is 755. The smallest absolute Gasteiger partial charge is 0.338 e. The lowest BCUT2D eigenvalue weighted by molar-refractivity contribution is 0.0696. The van der Waals surface area contributed by atoms with Crippen molar-refractivity contribution in [3.05, 3.63) is 53.7 Å². The molecule has 0 saturated carbocycles. The van der Waals surface area contributed by atoms with Gasteiger partial charge in [-0.05, 0) is 25.1 Å². The molecule has 3 rings (SSSR count). The second-order valence-corrected chi connectivity index (χ2v) is 4.34. The molecular formula is C14H12N2O3. The Balaban J connectivity index is 2.00. The van der Waals surface area contributed by atoms with Crippen LogP contribution in [-0.4, -0.2) is 20.6 Å². The Hall–Kier alpha value is -2.56. The first-order valence-corrected chi connectivity index (χ1v) is 5.88. The number of furan rings is 1. The average molecular weight is 256 g/mol. The van der Waals surface area contributed by atoms with Crippen LogP contribution in [0, 0.1) is 6.92 Å². The van der Waals surface area contributed by atoms with Crippen LogP contribution in [0.3, 0.4) is 0 Å². The van der Waals surface area contributed by atoms with Crippen molar-refractivity contribution in [2.24, 2.45) is 0 Å². The van der Waals surface area contributed by atoms with Gasteiger partial charge in [-0.2, -0.15) is 0 Å². The maximum absolute atomic E-state index is 10.8. The van der Waals surface area contributed by atoms with Gasteiger partial charge in [-0.1, -0.05) is 12.1 Å². The summed E-state index contributed by atoms with van der Waals surface area (Å²) in [5.74, 6) is 0.486. The molecule has 0 amide bonds. The van der Waals surface area contributed by atoms with Crippen LogP contribution in [-0.2, 0) is 6.54 Å². The van der Waals surface area contributed by atoms with E-state index in [0.717, 1.165) is 16.9 Å². The highest BCUT2D eigenvalue weighted by atomic mass is 16.4. The minimum atomic E-state index is -0.984. The molecule has 1 N–H and O–H groups in total. The molecule has 19 heavy (non-hydrogen) atoms. The van der Waals surface area contributed by atoms with Crippen LogP contribution in [0.15, 0.2) is 41.0 Å². The number of hydrogen-bond donors (Lipinski definition) is 1. The molecule has 1 aromatic carbocycles. The summed E-state index contributed by atoms with van der Waals surface area (Å²) >= 11 is 0. The standard InChI is InChI=1S/C14H12N2O3/c1-9-15-12-4-2-3-5-13(12)16(9)7-11-6-10(8-19-11)14(17)18/h2-6,8H,7H2,1H3,(H,17,18). The zero-order chi connectivity index (χ0) is 13.4. The number of hydrogen-bond acceptors (Lipinski definition) is 3. The third-order valence-electron chi connectivity index (χ3n) is 3.06. The first-order chi connectivity index (χ1) is 9.15. The van der Waals surface area contributed by atoms with Gasteiger partial charge in [-0.15, -0.1) is 0 Å². The topological polar surface area (TPSA) is 68.3 Å². The van der Waals surface area contributed by atoms with Crippen LogP contribution in [0.4, 0.5) is 0 Å². The first-order valence-electron chi connectivity index (χ1n) is 5.88. The van der Waals surface area contributed by atoms with Crippen LogP contribution in [0.1, 0.15) is 21.9 Å². The number of fused-ring (bicyclic) bond motifs is 1. The number of benzene rings is 1. The maximum Gasteiger partial charge on any atom is 0.338 e. The molecule has 0 saturated heterocycles. The SMILES string of the molecule is Cc1nc2ccccc2n1Cc1cc(C(=O)O)co1. The number of carboxylic acid groups (broad SMARTS) is 1. The van der Waals surface area contributed by atoms with E-state index in [4.69, 9.17) is 9.52 Å². The quantitative estimate of drug-likeness (QED) is 0.782. The average Bonchev–Trinajstić information content (AvgIpc) is 2.96. The van der Waals surface area contributed by atoms with Crippen molar-refractivity contribution in [1.82, 2.24) is 9.55 Å². The van der Waals surface area contributed by atoms with E-state index < -0.39 is 5.97 Å². The summed E-state index contributed by atoms with van der Waals surface area (Å²) in [6.45, 7) is 2.39. The summed E-state index contributed by atoms with van der Waals surface area (Å²) in [6.07, 6.45) is 1.26. The Morgan fingerprint density at radius 3 is 2.95 bits per heavy atom. The van der Waals surface area contributed by atoms with Gasteiger partial charge in [-0.25, -0.2) is 9.78 Å². The monoisotopic (exact) mass is 256 g/mol. The van der Waals surface area contributed by atoms with E-state index in [-0.39, 0.29) is 5.56 Å². The van der Waals surface area contributed by atoms with Crippen molar-refractivity contribution >= 4 is 17.0 Å². The Morgan fingerprint density at radius 2 is 2.21 bits per heavy atom. The van der Waals surface area contributed by atoms with E-state index in [1.165, 1.54) is 12.3 Å². The molecule has 0 unspecified atom stereocenters. The molecule has 5 nitrogen and oxygen atoms in total. The molecule has 0 spiro atoms. The molecule has 0 aliphatic rings. The summed E-state index contributed by atoms with van der Waals surface area (Å²) in [6, 6.07) is 9.36. The van der Waals surface area contributed by atoms with E-state index in [2.05, 4.69) is 4.98 Å². The highest BCUT2D eigenvalue weighted by Gasteiger charge is 2.12. The fraction of sp³-hybridized carbons (Fsp3) is 0.143. The van der Waals surface area contributed by atoms with E-state index in [0.29, 0.717) is 12.3 Å². The summed E-state index contributed by atoms with van der Waals surface area (Å²) < 4.78 is 7.27. The van der Waals surface area contributed by atoms with E-state index in [1.54, 1.807) is 0 Å². The highest BCUT2D eigenvalue weighted by Crippen LogP contribution is 2.18. The Morgan fingerprint density at radius 1 is 1.42 bits per heavy atom. The molecule has 0 radical (unpaired) electrons. The van der Waals surface area contributed by atoms with Crippen LogP contribution in [0.2, 0.25) is 0 Å². The van der Waals surface area contributed by atoms with Crippen molar-refractivity contribution < 1.29 is 14.3 Å². The minimum absolute atomic E-state index is 0.164. The lowest BCUT2D eigenvalue weighted by atomic mass is 10.3. The first kappa shape index (κ1) is 11.5. The normalized spacial score (nSPS) is 11.0. The highest BCUT2D eigenvalue weighted by molar-refractivity contribution is 5.87. The van der Waals surface area contributed by atoms with Gasteiger partial charge in [0, 0.05) is 0 Å². The van der Waals surface area contributed by atoms with Crippen molar-refractivity contribution in [3.8, 4) is 0 Å². The van der Waals surface area contributed by atoms with Gasteiger partial charge < -0.3 is 14.1 Å². The maximum atomic E-state index is 10.8. The van der Waals surface area contributed by atoms with Gasteiger partial charge in [0.15, 0.2) is 0 Å². The van der Waals surface area contributed by atoms with Crippen molar-refractivity contribution in [1.29, 1.82) is 0 Å². The van der Waals surface area contributed by atoms with Crippen LogP contribution in [0.5, 0.6) is 0 Å². The van der Waals surface area contributed by atoms with Crippen molar-refractivity contribution in [2.45, 2.75) is 13.5 Å². The minimum Gasteiger partial charge on any atom is -0.478 e. The van der Waals surface area contributed by atoms with Crippen LogP contribution >= 0.6 is 0 Å². The van der Waals surface area contributed by atoms with Crippen molar-refractivity contribution in [3.63, 3.8) is 0 Å². The van der Waals surface area contributed by atoms with E-state index in [1.807, 2.05) is 35.8 Å². The zero-order valence-electron chi connectivity index (χ0n) is 10.3. The molecule has 5 heteroatoms. The molecule has 2 heterocycles. The molecule has 3 aromatic rings. The molecule has 0 aliphatic carbocycles. The number of rotatable bonds is 3. The van der Waals surface area contributed by atoms with Crippen LogP contribution < -0.4 is 0 Å². The van der Waals surface area contributed by atoms with Crippen molar-refractivity contribution in [2.75, 3.05) is 0 Å². The number of carbonyl (C=O) groups is 1. The van der Waals surface area contributed by atoms with Gasteiger partial charge >= 0.3 is 5.97 Å². The number of aromatic nitrogens is 2. The van der Waals surface area contributed by atoms with E-state index in [9.17, 15) is 4.79 Å². The molecule has 2 aromatic heterocycles. The second kappa shape index (κ2) is 4.28. The molecule has 96 valence electrons. The van der Waals surface area contributed by atoms with Crippen LogP contribution in [0.25, 0.3) is 11.0 Å². The molecule has 0 bridgehead atoms. The number of carboxylic acids is 1. The number of aryl methyl sites for hydroxylation is 1. The Labute approximate surface area is 109 Å². The predicted molar refractivity (Wildman–Crippen MR) is 69.2 cm³/mol. The van der Waals surface area contributed by atoms with E-state index >= 15 is 0 Å². The number of imidazole rings is 1. The number of para-hydroxylation sites is 2. The van der Waals surface area contributed by atoms with Gasteiger partial charge in [0.2, 0.25) is 0 Å². The number of nitrogens with zero attached hydrogens (tertiary/aromatic N) is 2. The van der Waals surface area contributed by atoms with Gasteiger partial charge in [0.25, 0.3) is 0 Å². The van der Waals surface area contributed by atoms with Gasteiger partial charge in [-0.3, -0.25) is 0 Å². The summed E-state index contributed by atoms with van der Waals surface area (Å²) in [7, 11) is 0. The van der Waals surface area contributed by atoms with Gasteiger partial charge in [0.05, 0.1) is 23.1 Å². The summed E-state index contributed by atoms with van der Waals surface area (Å²) in [5, 5.41) is 8.87. The molecular weight excluding hydrogens is 244 g/mol. The predicted octanol–water partition coefficient (Wildman–Crippen LogP) is 2.68. The molecule has 0 fully saturated rings. The largest absolute Gasteiger partial charge is 0.478 e. The summed E-state index contributed by atoms with van der Waals surface area (Å²) in [5.41, 5.74) is 2.09. The lowest BCUT2D eigenvalue weighted by Crippen LogP contribution is -2.01. The fourth-order valence-electron chi connectivity index (χ4n) is 2.13. The third kappa shape index (κ3) is 1.99. The third-order valence-corrected chi connectivity index (χ3v) is 3.06. The Kier molecular flexibility index (Phi) is 2.59. The second-order valence-electron chi connectivity index (χ2n) is 4.34. The lowest BCUT2D eigenvalue weighted by Gasteiger charge is -2.03. The fourth-order valence-corrected chi connectivity index (χ4v) is 2.13. The summed E-state index contributed by atoms with van der Waals surface area (Å²) in [4.78, 5) is 15.3. The van der Waals surface area contributed by atoms with Gasteiger partial charge in [0.1, 0.15) is 17.8 Å².